The molecule has 4 nitrogen and oxygen atoms in total. The zero-order chi connectivity index (χ0) is 22.5. The van der Waals surface area contributed by atoms with E-state index in [1.54, 1.807) is 0 Å². The molecule has 0 aromatic heterocycles. The molecule has 5 heteroatoms. The van der Waals surface area contributed by atoms with E-state index in [9.17, 15) is 4.57 Å². The van der Waals surface area contributed by atoms with Crippen LogP contribution in [0.15, 0.2) is 42.5 Å². The maximum Gasteiger partial charge on any atom is 0.647 e. The number of rotatable bonds is 2. The van der Waals surface area contributed by atoms with Gasteiger partial charge in [0.05, 0.1) is 0 Å². The van der Waals surface area contributed by atoms with Crippen molar-refractivity contribution in [3.63, 3.8) is 0 Å². The van der Waals surface area contributed by atoms with Gasteiger partial charge < -0.3 is 13.6 Å². The van der Waals surface area contributed by atoms with Gasteiger partial charge in [0.2, 0.25) is 0 Å². The second-order valence-corrected chi connectivity index (χ2v) is 10.1. The number of hydrogen-bond donors (Lipinski definition) is 0. The number of para-hydroxylation sites is 1. The van der Waals surface area contributed by atoms with E-state index >= 15 is 0 Å². The lowest BCUT2D eigenvalue weighted by atomic mass is 9.87. The van der Waals surface area contributed by atoms with E-state index in [0.29, 0.717) is 17.2 Å². The lowest BCUT2D eigenvalue weighted by molar-refractivity contribution is 0.290. The first-order valence-electron chi connectivity index (χ1n) is 10.6. The predicted molar refractivity (Wildman–Crippen MR) is 125 cm³/mol. The van der Waals surface area contributed by atoms with E-state index < -0.39 is 7.82 Å². The van der Waals surface area contributed by atoms with Crippen molar-refractivity contribution in [1.29, 1.82) is 0 Å². The molecule has 0 spiro atoms. The molecular weight excluding hydrogens is 407 g/mol. The normalized spacial score (nSPS) is 19.9. The summed E-state index contributed by atoms with van der Waals surface area (Å²) in [6.45, 7) is 14.0. The summed E-state index contributed by atoms with van der Waals surface area (Å²) < 4.78 is 32.5. The molecule has 3 aromatic carbocycles. The average molecular weight is 436 g/mol. The molecule has 0 aliphatic carbocycles. The Morgan fingerprint density at radius 1 is 0.742 bits per heavy atom. The van der Waals surface area contributed by atoms with Crippen molar-refractivity contribution in [2.75, 3.05) is 0 Å². The molecule has 0 fully saturated rings. The Hall–Kier alpha value is -2.71. The van der Waals surface area contributed by atoms with Crippen LogP contribution in [0.1, 0.15) is 57.3 Å². The van der Waals surface area contributed by atoms with Crippen molar-refractivity contribution in [2.45, 2.75) is 54.4 Å². The van der Waals surface area contributed by atoms with Gasteiger partial charge in [0.15, 0.2) is 0 Å². The van der Waals surface area contributed by atoms with Gasteiger partial charge in [-0.3, -0.25) is 0 Å². The molecule has 0 radical (unpaired) electrons. The lowest BCUT2D eigenvalue weighted by Crippen LogP contribution is -2.16. The first-order valence-corrected chi connectivity index (χ1v) is 12.0. The fourth-order valence-corrected chi connectivity index (χ4v) is 5.94. The number of hydrogen-bond acceptors (Lipinski definition) is 4. The molecule has 0 atom stereocenters. The first-order chi connectivity index (χ1) is 14.6. The average Bonchev–Trinajstić information content (AvgIpc) is 2.68. The number of aryl methyl sites for hydroxylation is 6. The topological polar surface area (TPSA) is 44.8 Å². The zero-order valence-electron chi connectivity index (χ0n) is 19.2. The molecule has 1 heterocycles. The highest BCUT2D eigenvalue weighted by Crippen LogP contribution is 2.57. The summed E-state index contributed by atoms with van der Waals surface area (Å²) in [7, 11) is -4.04. The Morgan fingerprint density at radius 3 is 1.65 bits per heavy atom. The van der Waals surface area contributed by atoms with Gasteiger partial charge in [0, 0.05) is 17.0 Å². The second-order valence-electron chi connectivity index (χ2n) is 8.66. The predicted octanol–water partition coefficient (Wildman–Crippen LogP) is 7.65. The van der Waals surface area contributed by atoms with Crippen LogP contribution in [0.25, 0.3) is 0 Å². The maximum atomic E-state index is 14.1. The van der Waals surface area contributed by atoms with Gasteiger partial charge in [0.1, 0.15) is 17.2 Å². The van der Waals surface area contributed by atoms with Crippen molar-refractivity contribution in [2.24, 2.45) is 0 Å². The van der Waals surface area contributed by atoms with Crippen molar-refractivity contribution >= 4 is 7.82 Å². The lowest BCUT2D eigenvalue weighted by Gasteiger charge is -2.30. The van der Waals surface area contributed by atoms with Crippen LogP contribution in [-0.4, -0.2) is 0 Å². The molecule has 162 valence electrons. The van der Waals surface area contributed by atoms with Crippen molar-refractivity contribution in [3.05, 3.63) is 87.0 Å². The Balaban J connectivity index is 1.96. The molecule has 4 rings (SSSR count). The molecule has 0 unspecified atom stereocenters. The molecule has 0 bridgehead atoms. The largest absolute Gasteiger partial charge is 0.647 e. The van der Waals surface area contributed by atoms with Crippen molar-refractivity contribution < 1.29 is 18.1 Å². The summed E-state index contributed by atoms with van der Waals surface area (Å²) in [5.74, 6) is 1.67. The number of benzene rings is 3. The van der Waals surface area contributed by atoms with Gasteiger partial charge >= 0.3 is 7.82 Å². The number of phosphoric acid groups is 1. The van der Waals surface area contributed by atoms with Crippen LogP contribution in [0.4, 0.5) is 0 Å². The van der Waals surface area contributed by atoms with Gasteiger partial charge in [-0.05, 0) is 63.8 Å². The second kappa shape index (κ2) is 7.76. The van der Waals surface area contributed by atoms with Gasteiger partial charge in [-0.15, -0.1) is 0 Å². The minimum atomic E-state index is -4.04. The van der Waals surface area contributed by atoms with E-state index in [0.717, 1.165) is 44.5 Å². The summed E-state index contributed by atoms with van der Waals surface area (Å²) in [5.41, 5.74) is 7.79. The SMILES string of the molecule is Cc1cc(C)c2c(c1)C(C)c1cc(C)cc(C)c1OP(=O)(Oc1c(C)cccc1C)O2. The molecular formula is C26H29O4P. The standard InChI is InChI=1S/C26H29O4P/c1-15-11-19(5)25-22(13-15)21(7)23-14-16(2)12-20(6)26(23)30-31(27,29-25)28-24-17(3)9-8-10-18(24)4/h8-14,21H,1-7H3. The van der Waals surface area contributed by atoms with Gasteiger partial charge in [0.25, 0.3) is 0 Å². The van der Waals surface area contributed by atoms with Crippen LogP contribution in [-0.2, 0) is 4.57 Å². The number of fused-ring (bicyclic) bond motifs is 2. The van der Waals surface area contributed by atoms with E-state index in [4.69, 9.17) is 13.6 Å². The highest BCUT2D eigenvalue weighted by molar-refractivity contribution is 7.49. The quantitative estimate of drug-likeness (QED) is 0.387. The number of phosphoric ester groups is 1. The fraction of sp³-hybridized carbons (Fsp3) is 0.308. The molecule has 0 amide bonds. The van der Waals surface area contributed by atoms with Crippen LogP contribution in [0.2, 0.25) is 0 Å². The van der Waals surface area contributed by atoms with Gasteiger partial charge in [-0.25, -0.2) is 0 Å². The van der Waals surface area contributed by atoms with E-state index in [1.807, 2.05) is 58.0 Å². The molecule has 0 saturated carbocycles. The molecule has 1 aliphatic rings. The molecule has 0 N–H and O–H groups in total. The summed E-state index contributed by atoms with van der Waals surface area (Å²) in [6, 6.07) is 14.0. The highest BCUT2D eigenvalue weighted by atomic mass is 31.2. The minimum Gasteiger partial charge on any atom is -0.385 e. The monoisotopic (exact) mass is 436 g/mol. The highest BCUT2D eigenvalue weighted by Gasteiger charge is 2.40. The third-order valence-corrected chi connectivity index (χ3v) is 7.06. The smallest absolute Gasteiger partial charge is 0.385 e. The Bertz CT molecular complexity index is 1140. The fourth-order valence-electron chi connectivity index (χ4n) is 4.37. The van der Waals surface area contributed by atoms with E-state index in [2.05, 4.69) is 32.9 Å². The summed E-state index contributed by atoms with van der Waals surface area (Å²) in [4.78, 5) is 0. The van der Waals surface area contributed by atoms with Crippen LogP contribution in [0, 0.1) is 41.5 Å². The summed E-state index contributed by atoms with van der Waals surface area (Å²) >= 11 is 0. The Morgan fingerprint density at radius 2 is 1.19 bits per heavy atom. The Labute approximate surface area is 184 Å². The third kappa shape index (κ3) is 3.97. The first kappa shape index (κ1) is 21.5. The minimum absolute atomic E-state index is 0.0103. The zero-order valence-corrected chi connectivity index (χ0v) is 20.1. The third-order valence-electron chi connectivity index (χ3n) is 5.85. The van der Waals surface area contributed by atoms with E-state index in [1.165, 1.54) is 0 Å². The maximum absolute atomic E-state index is 14.1. The van der Waals surface area contributed by atoms with Crippen LogP contribution in [0.5, 0.6) is 17.2 Å². The van der Waals surface area contributed by atoms with Crippen molar-refractivity contribution in [3.8, 4) is 17.2 Å². The van der Waals surface area contributed by atoms with Crippen LogP contribution >= 0.6 is 7.82 Å². The molecule has 3 aromatic rings. The van der Waals surface area contributed by atoms with Gasteiger partial charge in [-0.1, -0.05) is 60.5 Å². The van der Waals surface area contributed by atoms with E-state index in [-0.39, 0.29) is 5.92 Å². The van der Waals surface area contributed by atoms with Crippen LogP contribution < -0.4 is 13.6 Å². The molecule has 31 heavy (non-hydrogen) atoms. The Kier molecular flexibility index (Phi) is 5.39. The van der Waals surface area contributed by atoms with Crippen LogP contribution in [0.3, 0.4) is 0 Å². The van der Waals surface area contributed by atoms with Gasteiger partial charge in [-0.2, -0.15) is 4.57 Å². The molecule has 1 aliphatic heterocycles. The summed E-state index contributed by atoms with van der Waals surface area (Å²) in [5, 5.41) is 0. The summed E-state index contributed by atoms with van der Waals surface area (Å²) in [6.07, 6.45) is 0. The van der Waals surface area contributed by atoms with Crippen molar-refractivity contribution in [1.82, 2.24) is 0 Å². The molecule has 0 saturated heterocycles.